The SMILES string of the molecule is CCCc1nc2c(N)nc3ccccc3c2n1CCCC(C)N(OC)C(=O)Nc1ccccc1. The summed E-state index contributed by atoms with van der Waals surface area (Å²) in [6, 6.07) is 17.0. The Bertz CT molecular complexity index is 1270. The summed E-state index contributed by atoms with van der Waals surface area (Å²) in [7, 11) is 1.52. The Labute approximate surface area is 199 Å². The van der Waals surface area contributed by atoms with Gasteiger partial charge in [-0.05, 0) is 44.4 Å². The lowest BCUT2D eigenvalue weighted by Crippen LogP contribution is -2.40. The zero-order valence-corrected chi connectivity index (χ0v) is 20.0. The molecule has 0 radical (unpaired) electrons. The lowest BCUT2D eigenvalue weighted by atomic mass is 10.1. The second kappa shape index (κ2) is 10.5. The summed E-state index contributed by atoms with van der Waals surface area (Å²) in [5.74, 6) is 1.47. The van der Waals surface area contributed by atoms with E-state index in [0.717, 1.165) is 65.7 Å². The maximum Gasteiger partial charge on any atom is 0.346 e. The molecule has 0 saturated carbocycles. The van der Waals surface area contributed by atoms with Gasteiger partial charge in [0, 0.05) is 24.0 Å². The van der Waals surface area contributed by atoms with Crippen molar-refractivity contribution in [3.63, 3.8) is 0 Å². The van der Waals surface area contributed by atoms with Crippen LogP contribution in [0.1, 0.15) is 38.9 Å². The molecule has 2 amide bonds. The highest BCUT2D eigenvalue weighted by atomic mass is 16.7. The standard InChI is InChI=1S/C26H32N6O2/c1-4-11-22-30-23-24(20-15-8-9-16-21(20)29-25(23)27)31(22)17-10-12-18(2)32(34-3)26(33)28-19-13-6-5-7-14-19/h5-9,13-16,18H,4,10-12,17H2,1-3H3,(H2,27,29)(H,28,33). The van der Waals surface area contributed by atoms with E-state index in [1.165, 1.54) is 12.2 Å². The van der Waals surface area contributed by atoms with Crippen LogP contribution in [-0.2, 0) is 17.8 Å². The molecule has 4 aromatic rings. The second-order valence-electron chi connectivity index (χ2n) is 8.44. The van der Waals surface area contributed by atoms with Crippen molar-refractivity contribution in [2.45, 2.75) is 52.1 Å². The quantitative estimate of drug-likeness (QED) is 0.327. The summed E-state index contributed by atoms with van der Waals surface area (Å²) >= 11 is 0. The molecule has 2 aromatic heterocycles. The van der Waals surface area contributed by atoms with Gasteiger partial charge < -0.3 is 15.6 Å². The molecule has 4 rings (SSSR count). The van der Waals surface area contributed by atoms with Crippen molar-refractivity contribution in [1.29, 1.82) is 0 Å². The number of benzene rings is 2. The van der Waals surface area contributed by atoms with Crippen molar-refractivity contribution in [1.82, 2.24) is 19.6 Å². The smallest absolute Gasteiger partial charge is 0.346 e. The van der Waals surface area contributed by atoms with Crippen LogP contribution in [0.3, 0.4) is 0 Å². The molecule has 0 bridgehead atoms. The van der Waals surface area contributed by atoms with E-state index in [9.17, 15) is 4.79 Å². The number of urea groups is 1. The number of hydrogen-bond acceptors (Lipinski definition) is 5. The maximum absolute atomic E-state index is 12.7. The first kappa shape index (κ1) is 23.5. The van der Waals surface area contributed by atoms with E-state index in [0.29, 0.717) is 5.82 Å². The van der Waals surface area contributed by atoms with Gasteiger partial charge in [0.25, 0.3) is 0 Å². The van der Waals surface area contributed by atoms with Crippen LogP contribution >= 0.6 is 0 Å². The number of nitrogens with one attached hydrogen (secondary N) is 1. The van der Waals surface area contributed by atoms with Gasteiger partial charge in [-0.25, -0.2) is 19.8 Å². The number of imidazole rings is 1. The van der Waals surface area contributed by atoms with Gasteiger partial charge in [0.15, 0.2) is 5.82 Å². The number of aromatic nitrogens is 3. The molecule has 8 nitrogen and oxygen atoms in total. The Balaban J connectivity index is 1.52. The molecule has 0 saturated heterocycles. The van der Waals surface area contributed by atoms with Crippen LogP contribution in [0.4, 0.5) is 16.3 Å². The number of rotatable bonds is 9. The molecule has 0 aliphatic rings. The topological polar surface area (TPSA) is 98.3 Å². The summed E-state index contributed by atoms with van der Waals surface area (Å²) < 4.78 is 2.27. The minimum Gasteiger partial charge on any atom is -0.382 e. The number of nitrogens with zero attached hydrogens (tertiary/aromatic N) is 4. The lowest BCUT2D eigenvalue weighted by Gasteiger charge is -2.27. The fourth-order valence-corrected chi connectivity index (χ4v) is 4.39. The average Bonchev–Trinajstić information content (AvgIpc) is 3.19. The van der Waals surface area contributed by atoms with Crippen LogP contribution in [0.2, 0.25) is 0 Å². The van der Waals surface area contributed by atoms with Crippen LogP contribution in [0.25, 0.3) is 21.9 Å². The van der Waals surface area contributed by atoms with Crippen LogP contribution in [0.5, 0.6) is 0 Å². The van der Waals surface area contributed by atoms with Crippen LogP contribution < -0.4 is 11.1 Å². The van der Waals surface area contributed by atoms with Gasteiger partial charge in [-0.2, -0.15) is 0 Å². The number of nitrogens with two attached hydrogens (primary N) is 1. The number of nitrogen functional groups attached to an aromatic ring is 1. The van der Waals surface area contributed by atoms with E-state index < -0.39 is 0 Å². The van der Waals surface area contributed by atoms with Crippen LogP contribution in [-0.4, -0.2) is 38.8 Å². The molecule has 2 heterocycles. The molecular formula is C26H32N6O2. The first-order valence-corrected chi connectivity index (χ1v) is 11.8. The maximum atomic E-state index is 12.7. The first-order chi connectivity index (χ1) is 16.5. The van der Waals surface area contributed by atoms with Crippen LogP contribution in [0.15, 0.2) is 54.6 Å². The Morgan fingerprint density at radius 1 is 1.15 bits per heavy atom. The third-order valence-electron chi connectivity index (χ3n) is 5.99. The minimum atomic E-state index is -0.286. The summed E-state index contributed by atoms with van der Waals surface area (Å²) in [5.41, 5.74) is 9.67. The number of hydrogen-bond donors (Lipinski definition) is 2. The van der Waals surface area contributed by atoms with Crippen molar-refractivity contribution < 1.29 is 9.63 Å². The fourth-order valence-electron chi connectivity index (χ4n) is 4.39. The van der Waals surface area contributed by atoms with Gasteiger partial charge in [-0.1, -0.05) is 43.3 Å². The molecular weight excluding hydrogens is 428 g/mol. The van der Waals surface area contributed by atoms with Gasteiger partial charge in [0.1, 0.15) is 11.3 Å². The largest absolute Gasteiger partial charge is 0.382 e. The van der Waals surface area contributed by atoms with Crippen molar-refractivity contribution in [2.24, 2.45) is 0 Å². The molecule has 0 aliphatic heterocycles. The number of carbonyl (C=O) groups is 1. The monoisotopic (exact) mass is 460 g/mol. The van der Waals surface area contributed by atoms with Crippen molar-refractivity contribution >= 4 is 39.5 Å². The number of amides is 2. The summed E-state index contributed by atoms with van der Waals surface area (Å²) in [6.45, 7) is 4.90. The highest BCUT2D eigenvalue weighted by Crippen LogP contribution is 2.29. The van der Waals surface area contributed by atoms with Gasteiger partial charge in [0.2, 0.25) is 0 Å². The summed E-state index contributed by atoms with van der Waals surface area (Å²) in [4.78, 5) is 27.5. The molecule has 34 heavy (non-hydrogen) atoms. The molecule has 2 aromatic carbocycles. The number of carbonyl (C=O) groups excluding carboxylic acids is 1. The third-order valence-corrected chi connectivity index (χ3v) is 5.99. The number of fused-ring (bicyclic) bond motifs is 3. The molecule has 178 valence electrons. The zero-order chi connectivity index (χ0) is 24.1. The molecule has 1 atom stereocenters. The van der Waals surface area contributed by atoms with E-state index in [4.69, 9.17) is 15.6 Å². The predicted octanol–water partition coefficient (Wildman–Crippen LogP) is 5.38. The molecule has 0 spiro atoms. The number of hydroxylamine groups is 2. The Morgan fingerprint density at radius 2 is 1.88 bits per heavy atom. The number of aryl methyl sites for hydroxylation is 2. The molecule has 1 unspecified atom stereocenters. The first-order valence-electron chi connectivity index (χ1n) is 11.8. The molecule has 0 aliphatic carbocycles. The highest BCUT2D eigenvalue weighted by Gasteiger charge is 2.21. The van der Waals surface area contributed by atoms with Crippen molar-refractivity contribution in [2.75, 3.05) is 18.2 Å². The van der Waals surface area contributed by atoms with Gasteiger partial charge in [-0.15, -0.1) is 0 Å². The van der Waals surface area contributed by atoms with Crippen molar-refractivity contribution in [3.05, 3.63) is 60.4 Å². The van der Waals surface area contributed by atoms with E-state index in [1.54, 1.807) is 0 Å². The highest BCUT2D eigenvalue weighted by molar-refractivity contribution is 6.06. The molecule has 8 heteroatoms. The molecule has 3 N–H and O–H groups in total. The number of anilines is 2. The molecule has 0 fully saturated rings. The number of para-hydroxylation sites is 2. The van der Waals surface area contributed by atoms with Gasteiger partial charge >= 0.3 is 6.03 Å². The fraction of sp³-hybridized carbons (Fsp3) is 0.346. The Morgan fingerprint density at radius 3 is 2.62 bits per heavy atom. The van der Waals surface area contributed by atoms with Gasteiger partial charge in [0.05, 0.1) is 24.2 Å². The van der Waals surface area contributed by atoms with E-state index in [1.807, 2.05) is 55.5 Å². The Hall–Kier alpha value is -3.65. The lowest BCUT2D eigenvalue weighted by molar-refractivity contribution is -0.110. The van der Waals surface area contributed by atoms with Crippen molar-refractivity contribution in [3.8, 4) is 0 Å². The number of pyridine rings is 1. The van der Waals surface area contributed by atoms with E-state index >= 15 is 0 Å². The van der Waals surface area contributed by atoms with Gasteiger partial charge in [-0.3, -0.25) is 4.84 Å². The van der Waals surface area contributed by atoms with Crippen LogP contribution in [0, 0.1) is 0 Å². The zero-order valence-electron chi connectivity index (χ0n) is 20.0. The third kappa shape index (κ3) is 4.82. The average molecular weight is 461 g/mol. The second-order valence-corrected chi connectivity index (χ2v) is 8.44. The summed E-state index contributed by atoms with van der Waals surface area (Å²) in [5, 5.41) is 5.32. The minimum absolute atomic E-state index is 0.110. The van der Waals surface area contributed by atoms with E-state index in [2.05, 4.69) is 27.9 Å². The predicted molar refractivity (Wildman–Crippen MR) is 136 cm³/mol. The Kier molecular flexibility index (Phi) is 7.27. The normalized spacial score (nSPS) is 12.2. The summed E-state index contributed by atoms with van der Waals surface area (Å²) in [6.07, 6.45) is 3.46. The van der Waals surface area contributed by atoms with E-state index in [-0.39, 0.29) is 12.1 Å².